The van der Waals surface area contributed by atoms with Crippen LogP contribution < -0.4 is 0 Å². The summed E-state index contributed by atoms with van der Waals surface area (Å²) in [6, 6.07) is 6.19. The molecule has 1 fully saturated rings. The molecule has 2 rings (SSSR count). The monoisotopic (exact) mass is 391 g/mol. The Morgan fingerprint density at radius 2 is 2.00 bits per heavy atom. The van der Waals surface area contributed by atoms with Gasteiger partial charge in [-0.3, -0.25) is 4.79 Å². The molecule has 0 spiro atoms. The lowest BCUT2D eigenvalue weighted by atomic mass is 10.0. The molecule has 1 aliphatic carbocycles. The van der Waals surface area contributed by atoms with Gasteiger partial charge in [-0.25, -0.2) is 0 Å². The predicted molar refractivity (Wildman–Crippen MR) is 87.7 cm³/mol. The Labute approximate surface area is 133 Å². The normalized spacial score (nSPS) is 16.5. The molecule has 104 valence electrons. The molecular formula is C15H19ClINO. The van der Waals surface area contributed by atoms with Gasteiger partial charge in [-0.05, 0) is 66.5 Å². The van der Waals surface area contributed by atoms with E-state index in [1.807, 2.05) is 12.1 Å². The van der Waals surface area contributed by atoms with E-state index in [-0.39, 0.29) is 11.9 Å². The molecule has 0 heterocycles. The van der Waals surface area contributed by atoms with E-state index in [4.69, 9.17) is 11.6 Å². The Morgan fingerprint density at radius 3 is 2.53 bits per heavy atom. The zero-order valence-electron chi connectivity index (χ0n) is 11.5. The Morgan fingerprint density at radius 1 is 1.37 bits per heavy atom. The first-order valence-electron chi connectivity index (χ1n) is 6.69. The van der Waals surface area contributed by atoms with E-state index >= 15 is 0 Å². The summed E-state index contributed by atoms with van der Waals surface area (Å²) < 4.78 is 0.966. The van der Waals surface area contributed by atoms with Gasteiger partial charge in [-0.15, -0.1) is 0 Å². The minimum atomic E-state index is 0.121. The summed E-state index contributed by atoms with van der Waals surface area (Å²) in [5, 5.41) is 0.622. The Balaban J connectivity index is 2.31. The minimum absolute atomic E-state index is 0.121. The van der Waals surface area contributed by atoms with E-state index in [0.29, 0.717) is 17.0 Å². The van der Waals surface area contributed by atoms with E-state index < -0.39 is 0 Å². The first kappa shape index (κ1) is 15.1. The predicted octanol–water partition coefficient (Wildman–Crippen LogP) is 4.59. The molecule has 0 bridgehead atoms. The molecule has 0 aromatic heterocycles. The summed E-state index contributed by atoms with van der Waals surface area (Å²) in [5.41, 5.74) is 0.729. The molecule has 0 N–H and O–H groups in total. The first-order valence-corrected chi connectivity index (χ1v) is 8.15. The Kier molecular flexibility index (Phi) is 4.77. The maximum atomic E-state index is 12.8. The fraction of sp³-hybridized carbons (Fsp3) is 0.533. The van der Waals surface area contributed by atoms with Crippen LogP contribution in [-0.4, -0.2) is 22.9 Å². The largest absolute Gasteiger partial charge is 0.333 e. The van der Waals surface area contributed by atoms with Crippen molar-refractivity contribution in [2.75, 3.05) is 0 Å². The molecule has 4 heteroatoms. The standard InChI is InChI=1S/C15H19ClINO/c1-9(2)10(3)18(12-5-6-12)15(19)13-8-11(16)4-7-14(13)17/h4,7-10,12H,5-6H2,1-3H3. The number of hydrogen-bond donors (Lipinski definition) is 0. The van der Waals surface area contributed by atoms with E-state index in [1.54, 1.807) is 6.07 Å². The number of halogens is 2. The highest BCUT2D eigenvalue weighted by atomic mass is 127. The van der Waals surface area contributed by atoms with Crippen LogP contribution in [-0.2, 0) is 0 Å². The summed E-state index contributed by atoms with van der Waals surface area (Å²) in [5.74, 6) is 0.581. The van der Waals surface area contributed by atoms with E-state index in [2.05, 4.69) is 48.3 Å². The number of benzene rings is 1. The summed E-state index contributed by atoms with van der Waals surface area (Å²) >= 11 is 8.23. The number of carbonyl (C=O) groups is 1. The second-order valence-electron chi connectivity index (χ2n) is 5.55. The van der Waals surface area contributed by atoms with Crippen molar-refractivity contribution < 1.29 is 4.79 Å². The van der Waals surface area contributed by atoms with Crippen molar-refractivity contribution in [2.45, 2.75) is 45.7 Å². The highest BCUT2D eigenvalue weighted by Crippen LogP contribution is 2.33. The quantitative estimate of drug-likeness (QED) is 0.687. The van der Waals surface area contributed by atoms with Crippen LogP contribution >= 0.6 is 34.2 Å². The summed E-state index contributed by atoms with van der Waals surface area (Å²) in [6.45, 7) is 6.46. The van der Waals surface area contributed by atoms with Crippen LogP contribution in [0, 0.1) is 9.49 Å². The lowest BCUT2D eigenvalue weighted by molar-refractivity contribution is 0.0627. The maximum absolute atomic E-state index is 12.8. The maximum Gasteiger partial charge on any atom is 0.255 e. The van der Waals surface area contributed by atoms with Gasteiger partial charge in [0, 0.05) is 20.7 Å². The molecule has 19 heavy (non-hydrogen) atoms. The van der Waals surface area contributed by atoms with Gasteiger partial charge in [0.2, 0.25) is 0 Å². The highest BCUT2D eigenvalue weighted by Gasteiger charge is 2.37. The van der Waals surface area contributed by atoms with Gasteiger partial charge in [-0.1, -0.05) is 25.4 Å². The number of carbonyl (C=O) groups excluding carboxylic acids is 1. The molecule has 1 aromatic rings. The fourth-order valence-electron chi connectivity index (χ4n) is 2.16. The molecule has 1 atom stereocenters. The summed E-state index contributed by atoms with van der Waals surface area (Å²) in [4.78, 5) is 14.9. The third-order valence-electron chi connectivity index (χ3n) is 3.74. The average molecular weight is 392 g/mol. The van der Waals surface area contributed by atoms with Crippen molar-refractivity contribution in [2.24, 2.45) is 5.92 Å². The number of amides is 1. The van der Waals surface area contributed by atoms with Crippen LogP contribution in [0.15, 0.2) is 18.2 Å². The molecule has 0 radical (unpaired) electrons. The zero-order chi connectivity index (χ0) is 14.2. The van der Waals surface area contributed by atoms with Crippen molar-refractivity contribution in [1.82, 2.24) is 4.90 Å². The topological polar surface area (TPSA) is 20.3 Å². The van der Waals surface area contributed by atoms with Crippen molar-refractivity contribution in [3.8, 4) is 0 Å². The van der Waals surface area contributed by atoms with Crippen molar-refractivity contribution >= 4 is 40.1 Å². The van der Waals surface area contributed by atoms with Gasteiger partial charge in [0.15, 0.2) is 0 Å². The second-order valence-corrected chi connectivity index (χ2v) is 7.15. The van der Waals surface area contributed by atoms with Crippen LogP contribution in [0.2, 0.25) is 5.02 Å². The molecule has 0 aliphatic heterocycles. The fourth-order valence-corrected chi connectivity index (χ4v) is 2.90. The summed E-state index contributed by atoms with van der Waals surface area (Å²) in [6.07, 6.45) is 2.25. The third kappa shape index (κ3) is 3.43. The second kappa shape index (κ2) is 6.00. The molecule has 1 aromatic carbocycles. The van der Waals surface area contributed by atoms with Crippen LogP contribution in [0.1, 0.15) is 44.0 Å². The van der Waals surface area contributed by atoms with Crippen LogP contribution in [0.5, 0.6) is 0 Å². The number of nitrogens with zero attached hydrogens (tertiary/aromatic N) is 1. The van der Waals surface area contributed by atoms with Gasteiger partial charge in [-0.2, -0.15) is 0 Å². The van der Waals surface area contributed by atoms with Crippen LogP contribution in [0.4, 0.5) is 0 Å². The van der Waals surface area contributed by atoms with E-state index in [0.717, 1.165) is 22.0 Å². The molecule has 2 nitrogen and oxygen atoms in total. The average Bonchev–Trinajstić information content (AvgIpc) is 3.16. The van der Waals surface area contributed by atoms with Gasteiger partial charge < -0.3 is 4.90 Å². The molecular weight excluding hydrogens is 373 g/mol. The van der Waals surface area contributed by atoms with Crippen molar-refractivity contribution in [3.05, 3.63) is 32.4 Å². The zero-order valence-corrected chi connectivity index (χ0v) is 14.4. The highest BCUT2D eigenvalue weighted by molar-refractivity contribution is 14.1. The molecule has 1 saturated carbocycles. The molecule has 1 aliphatic rings. The number of rotatable bonds is 4. The number of hydrogen-bond acceptors (Lipinski definition) is 1. The Bertz CT molecular complexity index is 485. The SMILES string of the molecule is CC(C)C(C)N(C(=O)c1cc(Cl)ccc1I)C1CC1. The van der Waals surface area contributed by atoms with Crippen molar-refractivity contribution in [3.63, 3.8) is 0 Å². The minimum Gasteiger partial charge on any atom is -0.333 e. The van der Waals surface area contributed by atoms with Crippen LogP contribution in [0.25, 0.3) is 0 Å². The van der Waals surface area contributed by atoms with Gasteiger partial charge in [0.1, 0.15) is 0 Å². The third-order valence-corrected chi connectivity index (χ3v) is 4.91. The van der Waals surface area contributed by atoms with Gasteiger partial charge in [0.25, 0.3) is 5.91 Å². The Hall–Kier alpha value is -0.290. The lowest BCUT2D eigenvalue weighted by Crippen LogP contribution is -2.43. The van der Waals surface area contributed by atoms with Crippen LogP contribution in [0.3, 0.4) is 0 Å². The van der Waals surface area contributed by atoms with Gasteiger partial charge >= 0.3 is 0 Å². The van der Waals surface area contributed by atoms with E-state index in [9.17, 15) is 4.79 Å². The molecule has 1 amide bonds. The smallest absolute Gasteiger partial charge is 0.255 e. The first-order chi connectivity index (χ1) is 8.91. The van der Waals surface area contributed by atoms with Crippen molar-refractivity contribution in [1.29, 1.82) is 0 Å². The molecule has 0 saturated heterocycles. The van der Waals surface area contributed by atoms with Gasteiger partial charge in [0.05, 0.1) is 5.56 Å². The van der Waals surface area contributed by atoms with E-state index in [1.165, 1.54) is 0 Å². The summed E-state index contributed by atoms with van der Waals surface area (Å²) in [7, 11) is 0. The molecule has 1 unspecified atom stereocenters. The lowest BCUT2D eigenvalue weighted by Gasteiger charge is -2.32.